The van der Waals surface area contributed by atoms with Crippen LogP contribution in [-0.2, 0) is 13.3 Å². The molecule has 0 aromatic heterocycles. The third-order valence-electron chi connectivity index (χ3n) is 3.25. The van der Waals surface area contributed by atoms with E-state index < -0.39 is 8.80 Å². The summed E-state index contributed by atoms with van der Waals surface area (Å²) in [5.74, 6) is 0. The van der Waals surface area contributed by atoms with E-state index in [9.17, 15) is 0 Å². The van der Waals surface area contributed by atoms with Crippen molar-refractivity contribution in [3.8, 4) is 0 Å². The number of benzene rings is 1. The highest BCUT2D eigenvalue weighted by Crippen LogP contribution is 2.32. The molecular formula is C16H26O3Si. The molecule has 0 bridgehead atoms. The molecule has 0 spiro atoms. The van der Waals surface area contributed by atoms with Gasteiger partial charge in [0.25, 0.3) is 0 Å². The van der Waals surface area contributed by atoms with E-state index >= 15 is 0 Å². The Bertz CT molecular complexity index is 403. The number of hydrogen-bond acceptors (Lipinski definition) is 3. The fourth-order valence-corrected chi connectivity index (χ4v) is 5.24. The molecule has 0 aliphatic rings. The molecule has 1 rings (SSSR count). The Kier molecular flexibility index (Phi) is 7.16. The van der Waals surface area contributed by atoms with Crippen molar-refractivity contribution in [2.45, 2.75) is 33.2 Å². The SMILES string of the molecule is C=Cc1ccccc1C(C)[Si](OCC)(OCC)OCC. The molecule has 20 heavy (non-hydrogen) atoms. The highest BCUT2D eigenvalue weighted by Gasteiger charge is 2.47. The summed E-state index contributed by atoms with van der Waals surface area (Å²) in [5, 5.41) is 0. The van der Waals surface area contributed by atoms with Gasteiger partial charge in [-0.3, -0.25) is 0 Å². The molecule has 0 saturated carbocycles. The molecule has 0 heterocycles. The molecule has 1 aromatic rings. The van der Waals surface area contributed by atoms with E-state index in [1.165, 1.54) is 5.56 Å². The highest BCUT2D eigenvalue weighted by molar-refractivity contribution is 6.62. The van der Waals surface area contributed by atoms with Gasteiger partial charge >= 0.3 is 8.80 Å². The minimum absolute atomic E-state index is 0.0801. The van der Waals surface area contributed by atoms with E-state index in [-0.39, 0.29) is 5.54 Å². The van der Waals surface area contributed by atoms with Gasteiger partial charge in [-0.1, -0.05) is 43.8 Å². The van der Waals surface area contributed by atoms with E-state index in [0.717, 1.165) is 5.56 Å². The van der Waals surface area contributed by atoms with Gasteiger partial charge in [0.15, 0.2) is 0 Å². The molecule has 0 aliphatic carbocycles. The van der Waals surface area contributed by atoms with Crippen molar-refractivity contribution in [3.05, 3.63) is 42.0 Å². The van der Waals surface area contributed by atoms with Gasteiger partial charge in [-0.15, -0.1) is 0 Å². The first kappa shape index (κ1) is 17.1. The van der Waals surface area contributed by atoms with Gasteiger partial charge < -0.3 is 13.3 Å². The van der Waals surface area contributed by atoms with Crippen LogP contribution in [0.2, 0.25) is 0 Å². The van der Waals surface area contributed by atoms with E-state index in [4.69, 9.17) is 13.3 Å². The van der Waals surface area contributed by atoms with Crippen molar-refractivity contribution >= 4 is 14.9 Å². The Balaban J connectivity index is 3.19. The van der Waals surface area contributed by atoms with E-state index in [1.54, 1.807) is 0 Å². The van der Waals surface area contributed by atoms with Gasteiger partial charge in [0.2, 0.25) is 0 Å². The summed E-state index contributed by atoms with van der Waals surface area (Å²) in [6.07, 6.45) is 1.87. The first-order valence-corrected chi connectivity index (χ1v) is 9.08. The molecule has 1 aromatic carbocycles. The number of rotatable bonds is 9. The zero-order valence-corrected chi connectivity index (χ0v) is 14.0. The first-order chi connectivity index (χ1) is 9.65. The Labute approximate surface area is 123 Å². The predicted molar refractivity (Wildman–Crippen MR) is 85.6 cm³/mol. The van der Waals surface area contributed by atoms with Crippen LogP contribution in [0.3, 0.4) is 0 Å². The van der Waals surface area contributed by atoms with Crippen LogP contribution in [0.5, 0.6) is 0 Å². The van der Waals surface area contributed by atoms with Gasteiger partial charge in [0.05, 0.1) is 5.54 Å². The van der Waals surface area contributed by atoms with Gasteiger partial charge in [-0.05, 0) is 31.9 Å². The maximum atomic E-state index is 5.99. The lowest BCUT2D eigenvalue weighted by molar-refractivity contribution is 0.0633. The lowest BCUT2D eigenvalue weighted by Gasteiger charge is -2.34. The molecule has 0 amide bonds. The largest absolute Gasteiger partial charge is 0.508 e. The molecule has 1 unspecified atom stereocenters. The second-order valence-corrected chi connectivity index (χ2v) is 7.40. The van der Waals surface area contributed by atoms with E-state index in [0.29, 0.717) is 19.8 Å². The summed E-state index contributed by atoms with van der Waals surface area (Å²) in [5.41, 5.74) is 2.36. The number of hydrogen-bond donors (Lipinski definition) is 0. The smallest absolute Gasteiger partial charge is 0.373 e. The molecule has 1 atom stereocenters. The summed E-state index contributed by atoms with van der Waals surface area (Å²) in [4.78, 5) is 0. The average molecular weight is 294 g/mol. The van der Waals surface area contributed by atoms with Crippen LogP contribution in [0.1, 0.15) is 44.4 Å². The van der Waals surface area contributed by atoms with Crippen LogP contribution < -0.4 is 0 Å². The standard InChI is InChI=1S/C16H26O3Si/c1-6-15-12-10-11-13-16(15)14(5)20(17-7-2,18-8-3)19-9-4/h6,10-14H,1,7-9H2,2-5H3. The van der Waals surface area contributed by atoms with Gasteiger partial charge in [-0.2, -0.15) is 0 Å². The van der Waals surface area contributed by atoms with E-state index in [1.807, 2.05) is 39.0 Å². The highest BCUT2D eigenvalue weighted by atomic mass is 28.4. The summed E-state index contributed by atoms with van der Waals surface area (Å²) in [6.45, 7) is 13.7. The average Bonchev–Trinajstić information content (AvgIpc) is 2.47. The zero-order valence-electron chi connectivity index (χ0n) is 13.0. The van der Waals surface area contributed by atoms with Crippen molar-refractivity contribution in [2.75, 3.05) is 19.8 Å². The molecule has 4 heteroatoms. The predicted octanol–water partition coefficient (Wildman–Crippen LogP) is 4.02. The maximum Gasteiger partial charge on any atom is 0.508 e. The van der Waals surface area contributed by atoms with Crippen LogP contribution in [0.25, 0.3) is 6.08 Å². The normalized spacial score (nSPS) is 13.2. The van der Waals surface area contributed by atoms with Gasteiger partial charge in [0, 0.05) is 19.8 Å². The van der Waals surface area contributed by atoms with Crippen molar-refractivity contribution in [2.24, 2.45) is 0 Å². The van der Waals surface area contributed by atoms with Gasteiger partial charge in [-0.25, -0.2) is 0 Å². The minimum Gasteiger partial charge on any atom is -0.373 e. The molecule has 0 N–H and O–H groups in total. The second-order valence-electron chi connectivity index (χ2n) is 4.46. The lowest BCUT2D eigenvalue weighted by atomic mass is 10.1. The molecular weight excluding hydrogens is 268 g/mol. The third-order valence-corrected chi connectivity index (χ3v) is 6.69. The van der Waals surface area contributed by atoms with Crippen molar-refractivity contribution < 1.29 is 13.3 Å². The molecule has 0 aliphatic heterocycles. The van der Waals surface area contributed by atoms with Crippen LogP contribution in [-0.4, -0.2) is 28.6 Å². The maximum absolute atomic E-state index is 5.99. The molecule has 0 saturated heterocycles. The molecule has 3 nitrogen and oxygen atoms in total. The summed E-state index contributed by atoms with van der Waals surface area (Å²) in [6, 6.07) is 8.20. The Hall–Kier alpha value is -0.943. The Morgan fingerprint density at radius 1 is 1.05 bits per heavy atom. The first-order valence-electron chi connectivity index (χ1n) is 7.28. The Morgan fingerprint density at radius 2 is 1.55 bits per heavy atom. The van der Waals surface area contributed by atoms with Crippen LogP contribution in [0, 0.1) is 0 Å². The zero-order chi connectivity index (χ0) is 15.0. The second kappa shape index (κ2) is 8.37. The Morgan fingerprint density at radius 3 is 2.00 bits per heavy atom. The van der Waals surface area contributed by atoms with Crippen LogP contribution in [0.4, 0.5) is 0 Å². The molecule has 112 valence electrons. The monoisotopic (exact) mass is 294 g/mol. The summed E-state index contributed by atoms with van der Waals surface area (Å²) in [7, 11) is -2.74. The topological polar surface area (TPSA) is 27.7 Å². The van der Waals surface area contributed by atoms with Gasteiger partial charge in [0.1, 0.15) is 0 Å². The quantitative estimate of drug-likeness (QED) is 0.644. The summed E-state index contributed by atoms with van der Waals surface area (Å²) < 4.78 is 18.0. The van der Waals surface area contributed by atoms with Crippen molar-refractivity contribution in [3.63, 3.8) is 0 Å². The molecule has 0 fully saturated rings. The van der Waals surface area contributed by atoms with Crippen molar-refractivity contribution in [1.82, 2.24) is 0 Å². The van der Waals surface area contributed by atoms with Crippen molar-refractivity contribution in [1.29, 1.82) is 0 Å². The third kappa shape index (κ3) is 3.79. The molecule has 0 radical (unpaired) electrons. The van der Waals surface area contributed by atoms with Crippen LogP contribution >= 0.6 is 0 Å². The fourth-order valence-electron chi connectivity index (χ4n) is 2.39. The van der Waals surface area contributed by atoms with Crippen LogP contribution in [0.15, 0.2) is 30.8 Å². The fraction of sp³-hybridized carbons (Fsp3) is 0.500. The minimum atomic E-state index is -2.74. The summed E-state index contributed by atoms with van der Waals surface area (Å²) >= 11 is 0. The lowest BCUT2D eigenvalue weighted by Crippen LogP contribution is -2.51. The van der Waals surface area contributed by atoms with E-state index in [2.05, 4.69) is 25.6 Å².